The van der Waals surface area contributed by atoms with Crippen LogP contribution >= 0.6 is 11.8 Å². The van der Waals surface area contributed by atoms with E-state index in [2.05, 4.69) is 0 Å². The predicted molar refractivity (Wildman–Crippen MR) is 147 cm³/mol. The zero-order valence-corrected chi connectivity index (χ0v) is 22.6. The molecule has 7 heteroatoms. The monoisotopic (exact) mass is 519 g/mol. The summed E-state index contributed by atoms with van der Waals surface area (Å²) in [5.41, 5.74) is 2.41. The fourth-order valence-electron chi connectivity index (χ4n) is 3.69. The Labute approximate surface area is 216 Å². The van der Waals surface area contributed by atoms with Gasteiger partial charge < -0.3 is 4.74 Å². The summed E-state index contributed by atoms with van der Waals surface area (Å²) < 4.78 is 34.9. The van der Waals surface area contributed by atoms with Crippen molar-refractivity contribution in [1.29, 1.82) is 0 Å². The Morgan fingerprint density at radius 1 is 0.889 bits per heavy atom. The second kappa shape index (κ2) is 9.99. The summed E-state index contributed by atoms with van der Waals surface area (Å²) >= 11 is 1.33. The summed E-state index contributed by atoms with van der Waals surface area (Å²) in [6, 6.07) is 21.9. The van der Waals surface area contributed by atoms with Crippen LogP contribution in [0, 0.1) is 13.8 Å². The lowest BCUT2D eigenvalue weighted by molar-refractivity contribution is 0.0544. The van der Waals surface area contributed by atoms with Gasteiger partial charge in [-0.05, 0) is 70.4 Å². The topological polar surface area (TPSA) is 65.4 Å². The standard InChI is InChI=1S/C29H29NO4S2/c1-20-10-14-22(15-11-20)35-19-27(36(32,33)23-16-12-21(2)13-17-23)25-18-30(28(31)34-29(3,4)5)26-9-7-6-8-24(25)26/h6-19H,1-5H3/b27-19+. The lowest BCUT2D eigenvalue weighted by atomic mass is 10.2. The molecule has 0 radical (unpaired) electrons. The summed E-state index contributed by atoms with van der Waals surface area (Å²) in [6.07, 6.45) is 0.995. The first-order chi connectivity index (χ1) is 17.0. The van der Waals surface area contributed by atoms with E-state index in [4.69, 9.17) is 4.74 Å². The van der Waals surface area contributed by atoms with E-state index in [1.165, 1.54) is 16.3 Å². The van der Waals surface area contributed by atoms with Gasteiger partial charge in [-0.3, -0.25) is 4.57 Å². The second-order valence-corrected chi connectivity index (χ2v) is 12.5. The molecule has 186 valence electrons. The number of hydrogen-bond donors (Lipinski definition) is 0. The van der Waals surface area contributed by atoms with Crippen LogP contribution in [-0.2, 0) is 14.6 Å². The van der Waals surface area contributed by atoms with Crippen LogP contribution in [0.1, 0.15) is 37.5 Å². The summed E-state index contributed by atoms with van der Waals surface area (Å²) in [4.78, 5) is 14.3. The van der Waals surface area contributed by atoms with Crippen LogP contribution in [-0.4, -0.2) is 24.7 Å². The van der Waals surface area contributed by atoms with Crippen molar-refractivity contribution in [3.05, 3.63) is 101 Å². The maximum Gasteiger partial charge on any atom is 0.419 e. The molecule has 0 aliphatic heterocycles. The summed E-state index contributed by atoms with van der Waals surface area (Å²) in [6.45, 7) is 9.30. The molecule has 1 heterocycles. The Morgan fingerprint density at radius 3 is 2.08 bits per heavy atom. The van der Waals surface area contributed by atoms with Crippen LogP contribution in [0.5, 0.6) is 0 Å². The zero-order valence-electron chi connectivity index (χ0n) is 21.0. The lowest BCUT2D eigenvalue weighted by Crippen LogP contribution is -2.26. The van der Waals surface area contributed by atoms with E-state index in [1.807, 2.05) is 56.3 Å². The van der Waals surface area contributed by atoms with E-state index in [0.717, 1.165) is 16.0 Å². The van der Waals surface area contributed by atoms with Gasteiger partial charge in [0.25, 0.3) is 0 Å². The highest BCUT2D eigenvalue weighted by Crippen LogP contribution is 2.37. The number of thioether (sulfide) groups is 1. The average Bonchev–Trinajstić information content (AvgIpc) is 3.19. The van der Waals surface area contributed by atoms with Crippen LogP contribution in [0.4, 0.5) is 4.79 Å². The molecule has 0 bridgehead atoms. The first-order valence-electron chi connectivity index (χ1n) is 11.5. The molecule has 4 aromatic rings. The molecule has 0 N–H and O–H groups in total. The van der Waals surface area contributed by atoms with Gasteiger partial charge in [0.2, 0.25) is 9.84 Å². The summed E-state index contributed by atoms with van der Waals surface area (Å²) in [7, 11) is -3.91. The molecular weight excluding hydrogens is 490 g/mol. The normalized spacial score (nSPS) is 12.6. The van der Waals surface area contributed by atoms with E-state index in [9.17, 15) is 13.2 Å². The van der Waals surface area contributed by atoms with Crippen molar-refractivity contribution in [3.8, 4) is 0 Å². The number of carbonyl (C=O) groups excluding carboxylic acids is 1. The van der Waals surface area contributed by atoms with Crippen LogP contribution in [0.15, 0.2) is 94.2 Å². The van der Waals surface area contributed by atoms with Gasteiger partial charge in [0.15, 0.2) is 0 Å². The quantitative estimate of drug-likeness (QED) is 0.254. The third kappa shape index (κ3) is 5.58. The SMILES string of the molecule is Cc1ccc(S/C=C(\c2cn(C(=O)OC(C)(C)C)c3ccccc23)S(=O)(=O)c2ccc(C)cc2)cc1. The predicted octanol–water partition coefficient (Wildman–Crippen LogP) is 7.61. The Balaban J connectivity index is 1.91. The molecule has 0 saturated carbocycles. The molecule has 3 aromatic carbocycles. The molecule has 0 amide bonds. The third-order valence-corrected chi connectivity index (χ3v) is 8.37. The van der Waals surface area contributed by atoms with E-state index < -0.39 is 21.5 Å². The van der Waals surface area contributed by atoms with Gasteiger partial charge in [-0.25, -0.2) is 13.2 Å². The molecule has 1 aromatic heterocycles. The van der Waals surface area contributed by atoms with Gasteiger partial charge in [-0.1, -0.05) is 65.4 Å². The molecule has 0 aliphatic rings. The number of rotatable bonds is 5. The molecule has 0 aliphatic carbocycles. The number of nitrogens with zero attached hydrogens (tertiary/aromatic N) is 1. The minimum Gasteiger partial charge on any atom is -0.443 e. The highest BCUT2D eigenvalue weighted by molar-refractivity contribution is 8.05. The minimum absolute atomic E-state index is 0.121. The average molecular weight is 520 g/mol. The van der Waals surface area contributed by atoms with E-state index in [0.29, 0.717) is 16.5 Å². The van der Waals surface area contributed by atoms with Gasteiger partial charge in [0.1, 0.15) is 5.60 Å². The Morgan fingerprint density at radius 2 is 1.47 bits per heavy atom. The Kier molecular flexibility index (Phi) is 7.16. The van der Waals surface area contributed by atoms with Gasteiger partial charge in [0.05, 0.1) is 15.3 Å². The molecule has 0 spiro atoms. The number of carbonyl (C=O) groups is 1. The van der Waals surface area contributed by atoms with Crippen molar-refractivity contribution in [1.82, 2.24) is 4.57 Å². The number of para-hydroxylation sites is 1. The summed E-state index contributed by atoms with van der Waals surface area (Å²) in [5, 5.41) is 2.30. The first kappa shape index (κ1) is 25.8. The molecule has 0 saturated heterocycles. The highest BCUT2D eigenvalue weighted by Gasteiger charge is 2.28. The molecule has 0 atom stereocenters. The molecule has 0 fully saturated rings. The highest BCUT2D eigenvalue weighted by atomic mass is 32.2. The fraction of sp³-hybridized carbons (Fsp3) is 0.207. The lowest BCUT2D eigenvalue weighted by Gasteiger charge is -2.19. The Hall–Kier alpha value is -3.29. The smallest absolute Gasteiger partial charge is 0.419 e. The minimum atomic E-state index is -3.91. The number of fused-ring (bicyclic) bond motifs is 1. The number of aromatic nitrogens is 1. The molecule has 36 heavy (non-hydrogen) atoms. The van der Waals surface area contributed by atoms with Crippen LogP contribution < -0.4 is 0 Å². The fourth-order valence-corrected chi connectivity index (χ4v) is 6.21. The maximum atomic E-state index is 14.0. The van der Waals surface area contributed by atoms with E-state index >= 15 is 0 Å². The van der Waals surface area contributed by atoms with Crippen molar-refractivity contribution in [2.24, 2.45) is 0 Å². The van der Waals surface area contributed by atoms with Gasteiger partial charge >= 0.3 is 6.09 Å². The summed E-state index contributed by atoms with van der Waals surface area (Å²) in [5.74, 6) is 0. The number of hydrogen-bond acceptors (Lipinski definition) is 5. The molecule has 4 rings (SSSR count). The molecule has 0 unspecified atom stereocenters. The third-order valence-electron chi connectivity index (χ3n) is 5.51. The second-order valence-electron chi connectivity index (χ2n) is 9.64. The van der Waals surface area contributed by atoms with Crippen LogP contribution in [0.25, 0.3) is 15.8 Å². The van der Waals surface area contributed by atoms with Gasteiger partial charge in [-0.15, -0.1) is 0 Å². The van der Waals surface area contributed by atoms with Crippen LogP contribution in [0.3, 0.4) is 0 Å². The number of benzene rings is 3. The molecule has 5 nitrogen and oxygen atoms in total. The van der Waals surface area contributed by atoms with Gasteiger partial charge in [0, 0.05) is 22.0 Å². The number of aryl methyl sites for hydroxylation is 2. The number of sulfone groups is 1. The molecular formula is C29H29NO4S2. The van der Waals surface area contributed by atoms with E-state index in [1.54, 1.807) is 62.7 Å². The van der Waals surface area contributed by atoms with Crippen molar-refractivity contribution < 1.29 is 17.9 Å². The van der Waals surface area contributed by atoms with Crippen LogP contribution in [0.2, 0.25) is 0 Å². The van der Waals surface area contributed by atoms with Crippen molar-refractivity contribution in [3.63, 3.8) is 0 Å². The van der Waals surface area contributed by atoms with Crippen molar-refractivity contribution >= 4 is 43.5 Å². The van der Waals surface area contributed by atoms with E-state index in [-0.39, 0.29) is 9.80 Å². The number of ether oxygens (including phenoxy) is 1. The van der Waals surface area contributed by atoms with Crippen molar-refractivity contribution in [2.45, 2.75) is 50.0 Å². The largest absolute Gasteiger partial charge is 0.443 e. The zero-order chi connectivity index (χ0) is 26.1. The maximum absolute atomic E-state index is 14.0. The van der Waals surface area contributed by atoms with Gasteiger partial charge in [-0.2, -0.15) is 0 Å². The first-order valence-corrected chi connectivity index (χ1v) is 13.9. The van der Waals surface area contributed by atoms with Crippen molar-refractivity contribution in [2.75, 3.05) is 0 Å². The Bertz CT molecular complexity index is 1540.